The van der Waals surface area contributed by atoms with Gasteiger partial charge in [0.2, 0.25) is 5.91 Å². The predicted octanol–water partition coefficient (Wildman–Crippen LogP) is -0.261. The van der Waals surface area contributed by atoms with E-state index in [2.05, 4.69) is 10.2 Å². The Morgan fingerprint density at radius 3 is 2.72 bits per heavy atom. The molecule has 0 unspecified atom stereocenters. The normalized spacial score (nSPS) is 11.3. The summed E-state index contributed by atoms with van der Waals surface area (Å²) in [5.74, 6) is -0.475. The minimum absolute atomic E-state index is 0.122. The summed E-state index contributed by atoms with van der Waals surface area (Å²) in [6, 6.07) is 0. The summed E-state index contributed by atoms with van der Waals surface area (Å²) in [5, 5.41) is 8.99. The van der Waals surface area contributed by atoms with Gasteiger partial charge in [0.25, 0.3) is 5.56 Å². The first-order valence-corrected chi connectivity index (χ1v) is 5.62. The number of amides is 1. The topological polar surface area (TPSA) is 95.8 Å². The van der Waals surface area contributed by atoms with Gasteiger partial charge in [0.05, 0.1) is 11.9 Å². The third-order valence-corrected chi connectivity index (χ3v) is 2.73. The zero-order valence-corrected chi connectivity index (χ0v) is 10.5. The van der Waals surface area contributed by atoms with Gasteiger partial charge in [-0.3, -0.25) is 14.3 Å². The Balaban J connectivity index is 2.81. The highest BCUT2D eigenvalue weighted by molar-refractivity contribution is 5.81. The molecule has 0 spiro atoms. The number of nitrogens with zero attached hydrogens (tertiary/aromatic N) is 4. The second kappa shape index (κ2) is 4.25. The summed E-state index contributed by atoms with van der Waals surface area (Å²) in [6.45, 7) is 3.71. The van der Waals surface area contributed by atoms with Gasteiger partial charge in [0.1, 0.15) is 12.1 Å². The molecule has 0 bridgehead atoms. The SMILES string of the molecule is CC(C)c1nn(CC(N)=O)c(=O)c2c1cnn2C. The number of fused-ring (bicyclic) bond motifs is 1. The lowest BCUT2D eigenvalue weighted by Crippen LogP contribution is -2.31. The highest BCUT2D eigenvalue weighted by atomic mass is 16.2. The summed E-state index contributed by atoms with van der Waals surface area (Å²) in [5.41, 5.74) is 5.94. The fourth-order valence-electron chi connectivity index (χ4n) is 1.91. The first kappa shape index (κ1) is 12.3. The molecule has 0 atom stereocenters. The molecule has 2 aromatic heterocycles. The quantitative estimate of drug-likeness (QED) is 0.810. The average molecular weight is 249 g/mol. The Hall–Kier alpha value is -2.18. The molecule has 7 nitrogen and oxygen atoms in total. The van der Waals surface area contributed by atoms with E-state index in [1.54, 1.807) is 13.2 Å². The summed E-state index contributed by atoms with van der Waals surface area (Å²) in [4.78, 5) is 23.1. The van der Waals surface area contributed by atoms with Gasteiger partial charge in [-0.15, -0.1) is 0 Å². The van der Waals surface area contributed by atoms with Crippen LogP contribution in [0.5, 0.6) is 0 Å². The van der Waals surface area contributed by atoms with Crippen molar-refractivity contribution in [3.63, 3.8) is 0 Å². The van der Waals surface area contributed by atoms with Crippen molar-refractivity contribution in [3.05, 3.63) is 22.2 Å². The first-order chi connectivity index (χ1) is 8.41. The van der Waals surface area contributed by atoms with E-state index in [4.69, 9.17) is 5.73 Å². The molecule has 0 aromatic carbocycles. The van der Waals surface area contributed by atoms with Crippen molar-refractivity contribution in [1.29, 1.82) is 0 Å². The number of nitrogens with two attached hydrogens (primary N) is 1. The third-order valence-electron chi connectivity index (χ3n) is 2.73. The van der Waals surface area contributed by atoms with E-state index < -0.39 is 5.91 Å². The lowest BCUT2D eigenvalue weighted by atomic mass is 10.1. The van der Waals surface area contributed by atoms with Gasteiger partial charge >= 0.3 is 0 Å². The summed E-state index contributed by atoms with van der Waals surface area (Å²) in [6.07, 6.45) is 1.62. The summed E-state index contributed by atoms with van der Waals surface area (Å²) in [7, 11) is 1.68. The van der Waals surface area contributed by atoms with Crippen LogP contribution >= 0.6 is 0 Å². The van der Waals surface area contributed by atoms with Crippen molar-refractivity contribution in [2.45, 2.75) is 26.3 Å². The molecule has 7 heteroatoms. The average Bonchev–Trinajstić information content (AvgIpc) is 2.64. The van der Waals surface area contributed by atoms with E-state index in [0.29, 0.717) is 5.52 Å². The zero-order valence-electron chi connectivity index (χ0n) is 10.5. The maximum absolute atomic E-state index is 12.2. The molecule has 0 aliphatic carbocycles. The maximum Gasteiger partial charge on any atom is 0.293 e. The summed E-state index contributed by atoms with van der Waals surface area (Å²) >= 11 is 0. The molecular formula is C11H15N5O2. The molecular weight excluding hydrogens is 234 g/mol. The lowest BCUT2D eigenvalue weighted by molar-refractivity contribution is -0.118. The van der Waals surface area contributed by atoms with Gasteiger partial charge in [-0.25, -0.2) is 4.68 Å². The second-order valence-corrected chi connectivity index (χ2v) is 4.50. The van der Waals surface area contributed by atoms with Crippen molar-refractivity contribution in [1.82, 2.24) is 19.6 Å². The Morgan fingerprint density at radius 2 is 2.17 bits per heavy atom. The fraction of sp³-hybridized carbons (Fsp3) is 0.455. The van der Waals surface area contributed by atoms with Crippen molar-refractivity contribution in [2.24, 2.45) is 12.8 Å². The summed E-state index contributed by atoms with van der Waals surface area (Å²) < 4.78 is 2.59. The van der Waals surface area contributed by atoms with Crippen LogP contribution in [-0.2, 0) is 18.4 Å². The standard InChI is InChI=1S/C11H15N5O2/c1-6(2)9-7-4-13-15(3)10(7)11(18)16(14-9)5-8(12)17/h4,6H,5H2,1-3H3,(H2,12,17). The van der Waals surface area contributed by atoms with Gasteiger partial charge in [-0.1, -0.05) is 13.8 Å². The number of aryl methyl sites for hydroxylation is 1. The smallest absolute Gasteiger partial charge is 0.293 e. The van der Waals surface area contributed by atoms with Gasteiger partial charge in [0.15, 0.2) is 0 Å². The lowest BCUT2D eigenvalue weighted by Gasteiger charge is -2.10. The molecule has 2 heterocycles. The highest BCUT2D eigenvalue weighted by Gasteiger charge is 2.17. The van der Waals surface area contributed by atoms with Gasteiger partial charge in [-0.2, -0.15) is 10.2 Å². The van der Waals surface area contributed by atoms with Gasteiger partial charge < -0.3 is 5.73 Å². The number of carbonyl (C=O) groups excluding carboxylic acids is 1. The molecule has 0 aliphatic heterocycles. The Labute approximate surface area is 103 Å². The molecule has 1 amide bonds. The number of primary amides is 1. The molecule has 0 fully saturated rings. The molecule has 0 aliphatic rings. The largest absolute Gasteiger partial charge is 0.368 e. The van der Waals surface area contributed by atoms with E-state index in [-0.39, 0.29) is 18.0 Å². The van der Waals surface area contributed by atoms with Crippen molar-refractivity contribution in [2.75, 3.05) is 0 Å². The van der Waals surface area contributed by atoms with Gasteiger partial charge in [0, 0.05) is 12.4 Å². The van der Waals surface area contributed by atoms with E-state index in [1.807, 2.05) is 13.8 Å². The van der Waals surface area contributed by atoms with Crippen LogP contribution in [0.25, 0.3) is 10.9 Å². The highest BCUT2D eigenvalue weighted by Crippen LogP contribution is 2.19. The molecule has 2 rings (SSSR count). The monoisotopic (exact) mass is 249 g/mol. The number of hydrogen-bond acceptors (Lipinski definition) is 4. The third kappa shape index (κ3) is 1.87. The molecule has 0 radical (unpaired) electrons. The van der Waals surface area contributed by atoms with E-state index in [9.17, 15) is 9.59 Å². The van der Waals surface area contributed by atoms with E-state index >= 15 is 0 Å². The number of hydrogen-bond donors (Lipinski definition) is 1. The fourth-order valence-corrected chi connectivity index (χ4v) is 1.91. The minimum Gasteiger partial charge on any atom is -0.368 e. The van der Waals surface area contributed by atoms with E-state index in [1.165, 1.54) is 4.68 Å². The van der Waals surface area contributed by atoms with Crippen LogP contribution < -0.4 is 11.3 Å². The van der Waals surface area contributed by atoms with E-state index in [0.717, 1.165) is 15.8 Å². The first-order valence-electron chi connectivity index (χ1n) is 5.62. The second-order valence-electron chi connectivity index (χ2n) is 4.50. The van der Waals surface area contributed by atoms with Crippen LogP contribution in [-0.4, -0.2) is 25.5 Å². The van der Waals surface area contributed by atoms with Crippen molar-refractivity contribution >= 4 is 16.8 Å². The number of aromatic nitrogens is 4. The Kier molecular flexibility index (Phi) is 2.90. The Morgan fingerprint density at radius 1 is 1.50 bits per heavy atom. The van der Waals surface area contributed by atoms with Crippen LogP contribution in [0.1, 0.15) is 25.5 Å². The van der Waals surface area contributed by atoms with Crippen LogP contribution in [0.4, 0.5) is 0 Å². The van der Waals surface area contributed by atoms with Crippen LogP contribution in [0.3, 0.4) is 0 Å². The van der Waals surface area contributed by atoms with Crippen LogP contribution in [0.15, 0.2) is 11.0 Å². The molecule has 18 heavy (non-hydrogen) atoms. The molecule has 0 saturated carbocycles. The minimum atomic E-state index is -0.596. The number of rotatable bonds is 3. The van der Waals surface area contributed by atoms with Crippen LogP contribution in [0.2, 0.25) is 0 Å². The van der Waals surface area contributed by atoms with Crippen molar-refractivity contribution in [3.8, 4) is 0 Å². The molecule has 2 aromatic rings. The predicted molar refractivity (Wildman–Crippen MR) is 66.1 cm³/mol. The van der Waals surface area contributed by atoms with Gasteiger partial charge in [-0.05, 0) is 5.92 Å². The van der Waals surface area contributed by atoms with Crippen LogP contribution in [0, 0.1) is 0 Å². The zero-order chi connectivity index (χ0) is 13.4. The Bertz CT molecular complexity index is 668. The van der Waals surface area contributed by atoms with Crippen molar-refractivity contribution < 1.29 is 4.79 Å². The molecule has 2 N–H and O–H groups in total. The number of carbonyl (C=O) groups is 1. The maximum atomic E-state index is 12.2. The molecule has 0 saturated heterocycles. The molecule has 96 valence electrons.